The fourth-order valence-corrected chi connectivity index (χ4v) is 2.18. The zero-order valence-corrected chi connectivity index (χ0v) is 12.3. The summed E-state index contributed by atoms with van der Waals surface area (Å²) in [7, 11) is 1.55. The van der Waals surface area contributed by atoms with Gasteiger partial charge in [0.1, 0.15) is 11.6 Å². The van der Waals surface area contributed by atoms with E-state index >= 15 is 0 Å². The van der Waals surface area contributed by atoms with Crippen molar-refractivity contribution < 1.29 is 13.6 Å². The first-order valence-electron chi connectivity index (χ1n) is 5.92. The van der Waals surface area contributed by atoms with E-state index in [2.05, 4.69) is 15.9 Å². The third kappa shape index (κ3) is 3.42. The van der Waals surface area contributed by atoms with Crippen molar-refractivity contribution in [2.75, 3.05) is 7.05 Å². The summed E-state index contributed by atoms with van der Waals surface area (Å²) >= 11 is 3.14. The lowest BCUT2D eigenvalue weighted by atomic mass is 10.1. The lowest BCUT2D eigenvalue weighted by Crippen LogP contribution is -2.27. The normalized spacial score (nSPS) is 10.4. The van der Waals surface area contributed by atoms with Gasteiger partial charge < -0.3 is 4.90 Å². The van der Waals surface area contributed by atoms with Crippen LogP contribution in [0.15, 0.2) is 46.9 Å². The first-order valence-corrected chi connectivity index (χ1v) is 6.71. The zero-order valence-electron chi connectivity index (χ0n) is 10.7. The summed E-state index contributed by atoms with van der Waals surface area (Å²) in [5, 5.41) is 0. The van der Waals surface area contributed by atoms with Gasteiger partial charge in [-0.25, -0.2) is 8.78 Å². The molecule has 2 aromatic carbocycles. The molecule has 0 aromatic heterocycles. The van der Waals surface area contributed by atoms with E-state index < -0.39 is 11.7 Å². The average Bonchev–Trinajstić information content (AvgIpc) is 2.38. The Balaban J connectivity index is 2.16. The van der Waals surface area contributed by atoms with E-state index in [1.54, 1.807) is 25.2 Å². The molecule has 0 radical (unpaired) electrons. The highest BCUT2D eigenvalue weighted by Gasteiger charge is 2.16. The van der Waals surface area contributed by atoms with E-state index in [1.165, 1.54) is 29.2 Å². The third-order valence-corrected chi connectivity index (χ3v) is 3.31. The van der Waals surface area contributed by atoms with Gasteiger partial charge in [-0.1, -0.05) is 28.1 Å². The van der Waals surface area contributed by atoms with Gasteiger partial charge in [0.2, 0.25) is 0 Å². The van der Waals surface area contributed by atoms with Gasteiger partial charge in [-0.05, 0) is 35.9 Å². The minimum atomic E-state index is -0.588. The van der Waals surface area contributed by atoms with Crippen molar-refractivity contribution in [1.29, 1.82) is 0 Å². The zero-order chi connectivity index (χ0) is 14.7. The van der Waals surface area contributed by atoms with E-state index in [0.717, 1.165) is 0 Å². The highest BCUT2D eigenvalue weighted by molar-refractivity contribution is 9.10. The Morgan fingerprint density at radius 2 is 1.95 bits per heavy atom. The number of nitrogens with zero attached hydrogens (tertiary/aromatic N) is 1. The lowest BCUT2D eigenvalue weighted by Gasteiger charge is -2.17. The molecule has 0 aliphatic heterocycles. The van der Waals surface area contributed by atoms with Crippen LogP contribution in [0.25, 0.3) is 0 Å². The van der Waals surface area contributed by atoms with Crippen molar-refractivity contribution >= 4 is 21.8 Å². The third-order valence-electron chi connectivity index (χ3n) is 2.82. The molecule has 0 aliphatic carbocycles. The molecule has 0 unspecified atom stereocenters. The van der Waals surface area contributed by atoms with Gasteiger partial charge >= 0.3 is 0 Å². The Morgan fingerprint density at radius 1 is 1.20 bits per heavy atom. The summed E-state index contributed by atoms with van der Waals surface area (Å²) in [6.45, 7) is 0.214. The van der Waals surface area contributed by atoms with Crippen LogP contribution in [-0.2, 0) is 6.54 Å². The first-order chi connectivity index (χ1) is 9.47. The van der Waals surface area contributed by atoms with Crippen molar-refractivity contribution in [2.45, 2.75) is 6.54 Å². The molecule has 0 fully saturated rings. The summed E-state index contributed by atoms with van der Waals surface area (Å²) in [5.41, 5.74) is 0.644. The molecule has 0 aliphatic rings. The van der Waals surface area contributed by atoms with Gasteiger partial charge in [-0.2, -0.15) is 0 Å². The fraction of sp³-hybridized carbons (Fsp3) is 0.133. The number of carbonyl (C=O) groups is 1. The second kappa shape index (κ2) is 6.13. The monoisotopic (exact) mass is 339 g/mol. The Hall–Kier alpha value is -1.75. The number of benzene rings is 2. The van der Waals surface area contributed by atoms with Crippen LogP contribution in [0.3, 0.4) is 0 Å². The predicted molar refractivity (Wildman–Crippen MR) is 76.3 cm³/mol. The summed E-state index contributed by atoms with van der Waals surface area (Å²) in [6, 6.07) is 10.2. The summed E-state index contributed by atoms with van der Waals surface area (Å²) < 4.78 is 27.4. The maximum atomic E-state index is 13.7. The van der Waals surface area contributed by atoms with Crippen molar-refractivity contribution in [2.24, 2.45) is 0 Å². The molecule has 0 N–H and O–H groups in total. The van der Waals surface area contributed by atoms with Crippen molar-refractivity contribution in [3.63, 3.8) is 0 Å². The summed E-state index contributed by atoms with van der Waals surface area (Å²) in [5.74, 6) is -1.40. The van der Waals surface area contributed by atoms with Crippen LogP contribution in [0.2, 0.25) is 0 Å². The molecule has 0 bridgehead atoms. The lowest BCUT2D eigenvalue weighted by molar-refractivity contribution is 0.0780. The highest BCUT2D eigenvalue weighted by Crippen LogP contribution is 2.17. The number of halogens is 3. The van der Waals surface area contributed by atoms with E-state index in [1.807, 2.05) is 0 Å². The Kier molecular flexibility index (Phi) is 4.49. The molecule has 0 heterocycles. The molecule has 5 heteroatoms. The van der Waals surface area contributed by atoms with Crippen LogP contribution < -0.4 is 0 Å². The quantitative estimate of drug-likeness (QED) is 0.827. The van der Waals surface area contributed by atoms with Crippen molar-refractivity contribution in [3.8, 4) is 0 Å². The molecule has 20 heavy (non-hydrogen) atoms. The Bertz CT molecular complexity index is 646. The first kappa shape index (κ1) is 14.7. The Morgan fingerprint density at radius 3 is 2.60 bits per heavy atom. The van der Waals surface area contributed by atoms with E-state index in [0.29, 0.717) is 10.0 Å². The molecule has 0 saturated carbocycles. The number of hydrogen-bond acceptors (Lipinski definition) is 1. The topological polar surface area (TPSA) is 20.3 Å². The van der Waals surface area contributed by atoms with Crippen LogP contribution >= 0.6 is 15.9 Å². The fourth-order valence-electron chi connectivity index (χ4n) is 1.85. The molecule has 0 spiro atoms. The van der Waals surface area contributed by atoms with E-state index in [9.17, 15) is 13.6 Å². The molecule has 2 nitrogen and oxygen atoms in total. The van der Waals surface area contributed by atoms with Crippen LogP contribution in [-0.4, -0.2) is 17.9 Å². The molecular formula is C15H12BrF2NO. The molecular weight excluding hydrogens is 328 g/mol. The number of hydrogen-bond donors (Lipinski definition) is 0. The molecule has 2 rings (SSSR count). The van der Waals surface area contributed by atoms with Crippen LogP contribution in [0.5, 0.6) is 0 Å². The van der Waals surface area contributed by atoms with Crippen LogP contribution in [0.4, 0.5) is 8.78 Å². The van der Waals surface area contributed by atoms with Gasteiger partial charge in [0.15, 0.2) is 0 Å². The maximum Gasteiger partial charge on any atom is 0.256 e. The largest absolute Gasteiger partial charge is 0.337 e. The predicted octanol–water partition coefficient (Wildman–Crippen LogP) is 4.00. The number of rotatable bonds is 3. The maximum absolute atomic E-state index is 13.7. The molecule has 104 valence electrons. The van der Waals surface area contributed by atoms with E-state index in [4.69, 9.17) is 0 Å². The smallest absolute Gasteiger partial charge is 0.256 e. The van der Waals surface area contributed by atoms with Gasteiger partial charge in [-0.3, -0.25) is 4.79 Å². The van der Waals surface area contributed by atoms with Crippen molar-refractivity contribution in [1.82, 2.24) is 4.90 Å². The van der Waals surface area contributed by atoms with Gasteiger partial charge in [0, 0.05) is 18.1 Å². The standard InChI is InChI=1S/C15H12BrF2NO/c1-19(9-10-3-2-4-12(17)7-10)15(20)13-6-5-11(16)8-14(13)18/h2-8H,9H2,1H3. The van der Waals surface area contributed by atoms with E-state index in [-0.39, 0.29) is 17.9 Å². The van der Waals surface area contributed by atoms with Gasteiger partial charge in [0.25, 0.3) is 5.91 Å². The molecule has 1 amide bonds. The van der Waals surface area contributed by atoms with Crippen molar-refractivity contribution in [3.05, 3.63) is 69.7 Å². The van der Waals surface area contributed by atoms with Crippen LogP contribution in [0.1, 0.15) is 15.9 Å². The summed E-state index contributed by atoms with van der Waals surface area (Å²) in [6.07, 6.45) is 0. The Labute approximate surface area is 124 Å². The SMILES string of the molecule is CN(Cc1cccc(F)c1)C(=O)c1ccc(Br)cc1F. The average molecular weight is 340 g/mol. The minimum Gasteiger partial charge on any atom is -0.337 e. The number of carbonyl (C=O) groups excluding carboxylic acids is 1. The summed E-state index contributed by atoms with van der Waals surface area (Å²) in [4.78, 5) is 13.5. The van der Waals surface area contributed by atoms with Gasteiger partial charge in [-0.15, -0.1) is 0 Å². The molecule has 2 aromatic rings. The second-order valence-electron chi connectivity index (χ2n) is 4.42. The number of amides is 1. The highest BCUT2D eigenvalue weighted by atomic mass is 79.9. The van der Waals surface area contributed by atoms with Crippen LogP contribution in [0, 0.1) is 11.6 Å². The minimum absolute atomic E-state index is 0.00731. The molecule has 0 atom stereocenters. The molecule has 0 saturated heterocycles. The second-order valence-corrected chi connectivity index (χ2v) is 5.33. The van der Waals surface area contributed by atoms with Gasteiger partial charge in [0.05, 0.1) is 5.56 Å².